The average molecular weight is 343 g/mol. The highest BCUT2D eigenvalue weighted by Crippen LogP contribution is 2.27. The molecule has 0 bridgehead atoms. The Morgan fingerprint density at radius 1 is 0.960 bits per heavy atom. The first-order valence-electron chi connectivity index (χ1n) is 7.65. The maximum atomic E-state index is 11.5. The lowest BCUT2D eigenvalue weighted by molar-refractivity contribution is 0.0600. The summed E-state index contributed by atoms with van der Waals surface area (Å²) < 4.78 is 15.2. The summed E-state index contributed by atoms with van der Waals surface area (Å²) in [5, 5.41) is 4.12. The van der Waals surface area contributed by atoms with Crippen LogP contribution in [0.5, 0.6) is 11.5 Å². The van der Waals surface area contributed by atoms with Gasteiger partial charge in [-0.15, -0.1) is 0 Å². The molecule has 0 unspecified atom stereocenters. The second-order valence-electron chi connectivity index (χ2n) is 5.21. The molecule has 0 saturated carbocycles. The van der Waals surface area contributed by atoms with E-state index in [-0.39, 0.29) is 12.6 Å². The molecule has 132 valence electrons. The Kier molecular flexibility index (Phi) is 6.39. The van der Waals surface area contributed by atoms with Gasteiger partial charge in [0.25, 0.3) is 0 Å². The van der Waals surface area contributed by atoms with Crippen molar-refractivity contribution in [3.8, 4) is 11.5 Å². The second kappa shape index (κ2) is 8.73. The molecule has 6 nitrogen and oxygen atoms in total. The third-order valence-electron chi connectivity index (χ3n) is 3.58. The summed E-state index contributed by atoms with van der Waals surface area (Å²) in [7, 11) is 4.52. The number of esters is 1. The lowest BCUT2D eigenvalue weighted by Gasteiger charge is -2.09. The summed E-state index contributed by atoms with van der Waals surface area (Å²) in [6.07, 6.45) is 0. The van der Waals surface area contributed by atoms with E-state index < -0.39 is 0 Å². The molecule has 0 aliphatic carbocycles. The molecular weight excluding hydrogens is 322 g/mol. The molecule has 2 aromatic rings. The van der Waals surface area contributed by atoms with Gasteiger partial charge in [0.15, 0.2) is 11.5 Å². The predicted octanol–water partition coefficient (Wildman–Crippen LogP) is 3.43. The molecule has 0 aliphatic rings. The smallest absolute Gasteiger partial charge is 0.337 e. The third kappa shape index (κ3) is 4.73. The van der Waals surface area contributed by atoms with Gasteiger partial charge in [0.1, 0.15) is 6.61 Å². The van der Waals surface area contributed by atoms with E-state index in [9.17, 15) is 4.79 Å². The topological polar surface area (TPSA) is 66.4 Å². The number of oxime groups is 1. The number of hydrogen-bond donors (Lipinski definition) is 0. The molecule has 2 aromatic carbocycles. The Morgan fingerprint density at radius 2 is 1.72 bits per heavy atom. The van der Waals surface area contributed by atoms with Crippen molar-refractivity contribution in [2.45, 2.75) is 13.5 Å². The standard InChI is InChI=1S/C19H21NO5/c1-13(15-8-9-17(22-2)18(11-15)23-3)20-25-12-14-6-5-7-16(10-14)19(21)24-4/h5-11H,12H2,1-4H3/b20-13-. The highest BCUT2D eigenvalue weighted by atomic mass is 16.6. The van der Waals surface area contributed by atoms with Crippen LogP contribution < -0.4 is 9.47 Å². The van der Waals surface area contributed by atoms with Crippen molar-refractivity contribution >= 4 is 11.7 Å². The summed E-state index contributed by atoms with van der Waals surface area (Å²) >= 11 is 0. The van der Waals surface area contributed by atoms with E-state index in [1.54, 1.807) is 32.4 Å². The maximum Gasteiger partial charge on any atom is 0.337 e. The molecule has 0 N–H and O–H groups in total. The van der Waals surface area contributed by atoms with Gasteiger partial charge in [-0.3, -0.25) is 0 Å². The zero-order valence-corrected chi connectivity index (χ0v) is 14.7. The fourth-order valence-corrected chi connectivity index (χ4v) is 2.22. The first-order chi connectivity index (χ1) is 12.1. The van der Waals surface area contributed by atoms with Crippen LogP contribution in [0.15, 0.2) is 47.6 Å². The lowest BCUT2D eigenvalue weighted by atomic mass is 10.1. The van der Waals surface area contributed by atoms with E-state index >= 15 is 0 Å². The van der Waals surface area contributed by atoms with Crippen LogP contribution in [0, 0.1) is 0 Å². The molecule has 0 heterocycles. The molecule has 25 heavy (non-hydrogen) atoms. The molecule has 0 atom stereocenters. The molecule has 2 rings (SSSR count). The zero-order chi connectivity index (χ0) is 18.2. The van der Waals surface area contributed by atoms with Gasteiger partial charge in [-0.2, -0.15) is 0 Å². The molecule has 0 spiro atoms. The fourth-order valence-electron chi connectivity index (χ4n) is 2.22. The lowest BCUT2D eigenvalue weighted by Crippen LogP contribution is -2.02. The number of methoxy groups -OCH3 is 3. The van der Waals surface area contributed by atoms with Crippen molar-refractivity contribution in [3.63, 3.8) is 0 Å². The fraction of sp³-hybridized carbons (Fsp3) is 0.263. The Labute approximate surface area is 147 Å². The maximum absolute atomic E-state index is 11.5. The van der Waals surface area contributed by atoms with Crippen LogP contribution in [-0.4, -0.2) is 33.0 Å². The predicted molar refractivity (Wildman–Crippen MR) is 94.3 cm³/mol. The van der Waals surface area contributed by atoms with Crippen molar-refractivity contribution in [1.82, 2.24) is 0 Å². The summed E-state index contributed by atoms with van der Waals surface area (Å²) in [6.45, 7) is 2.08. The molecule has 0 amide bonds. The van der Waals surface area contributed by atoms with Crippen LogP contribution in [0.1, 0.15) is 28.4 Å². The minimum atomic E-state index is -0.383. The molecule has 0 saturated heterocycles. The number of ether oxygens (including phenoxy) is 3. The Hall–Kier alpha value is -3.02. The average Bonchev–Trinajstić information content (AvgIpc) is 2.66. The van der Waals surface area contributed by atoms with Crippen LogP contribution in [0.25, 0.3) is 0 Å². The summed E-state index contributed by atoms with van der Waals surface area (Å²) in [4.78, 5) is 16.9. The zero-order valence-electron chi connectivity index (χ0n) is 14.7. The first-order valence-corrected chi connectivity index (χ1v) is 7.65. The Morgan fingerprint density at radius 3 is 2.40 bits per heavy atom. The van der Waals surface area contributed by atoms with Gasteiger partial charge < -0.3 is 19.0 Å². The number of hydrogen-bond acceptors (Lipinski definition) is 6. The van der Waals surface area contributed by atoms with Crippen molar-refractivity contribution < 1.29 is 23.8 Å². The van der Waals surface area contributed by atoms with Crippen LogP contribution in [0.4, 0.5) is 0 Å². The van der Waals surface area contributed by atoms with Crippen molar-refractivity contribution in [1.29, 1.82) is 0 Å². The number of nitrogens with zero attached hydrogens (tertiary/aromatic N) is 1. The van der Waals surface area contributed by atoms with Gasteiger partial charge in [0.05, 0.1) is 32.6 Å². The van der Waals surface area contributed by atoms with Crippen LogP contribution in [0.2, 0.25) is 0 Å². The van der Waals surface area contributed by atoms with Crippen molar-refractivity contribution in [2.24, 2.45) is 5.16 Å². The van der Waals surface area contributed by atoms with Gasteiger partial charge >= 0.3 is 5.97 Å². The van der Waals surface area contributed by atoms with Gasteiger partial charge in [-0.05, 0) is 42.8 Å². The Balaban J connectivity index is 2.06. The third-order valence-corrected chi connectivity index (χ3v) is 3.58. The van der Waals surface area contributed by atoms with E-state index in [1.807, 2.05) is 31.2 Å². The number of benzene rings is 2. The largest absolute Gasteiger partial charge is 0.493 e. The van der Waals surface area contributed by atoms with Crippen molar-refractivity contribution in [2.75, 3.05) is 21.3 Å². The SMILES string of the molecule is COC(=O)c1cccc(CO/N=C(/C)c2ccc(OC)c(OC)c2)c1. The van der Waals surface area contributed by atoms with Gasteiger partial charge in [-0.25, -0.2) is 4.79 Å². The second-order valence-corrected chi connectivity index (χ2v) is 5.21. The summed E-state index contributed by atoms with van der Waals surface area (Å²) in [5.74, 6) is 0.895. The van der Waals surface area contributed by atoms with E-state index in [0.29, 0.717) is 22.8 Å². The molecule has 0 radical (unpaired) electrons. The number of rotatable bonds is 7. The monoisotopic (exact) mass is 343 g/mol. The number of carbonyl (C=O) groups excluding carboxylic acids is 1. The Bertz CT molecular complexity index is 770. The first kappa shape index (κ1) is 18.3. The van der Waals surface area contributed by atoms with Gasteiger partial charge in [0.2, 0.25) is 0 Å². The summed E-state index contributed by atoms with van der Waals surface area (Å²) in [5.41, 5.74) is 2.86. The number of carbonyl (C=O) groups is 1. The highest BCUT2D eigenvalue weighted by Gasteiger charge is 2.08. The van der Waals surface area contributed by atoms with Crippen LogP contribution in [0.3, 0.4) is 0 Å². The minimum absolute atomic E-state index is 0.245. The van der Waals surface area contributed by atoms with Crippen molar-refractivity contribution in [3.05, 3.63) is 59.2 Å². The molecule has 6 heteroatoms. The molecule has 0 aromatic heterocycles. The highest BCUT2D eigenvalue weighted by molar-refractivity contribution is 5.98. The van der Waals surface area contributed by atoms with E-state index in [2.05, 4.69) is 5.16 Å². The van der Waals surface area contributed by atoms with Crippen LogP contribution >= 0.6 is 0 Å². The minimum Gasteiger partial charge on any atom is -0.493 e. The van der Waals surface area contributed by atoms with Crippen LogP contribution in [-0.2, 0) is 16.2 Å². The van der Waals surface area contributed by atoms with E-state index in [1.165, 1.54) is 7.11 Å². The van der Waals surface area contributed by atoms with Gasteiger partial charge in [0, 0.05) is 5.56 Å². The normalized spacial score (nSPS) is 11.0. The van der Waals surface area contributed by atoms with E-state index in [0.717, 1.165) is 11.1 Å². The summed E-state index contributed by atoms with van der Waals surface area (Å²) in [6, 6.07) is 12.6. The van der Waals surface area contributed by atoms with Gasteiger partial charge in [-0.1, -0.05) is 17.3 Å². The molecular formula is C19H21NO5. The molecule has 0 fully saturated rings. The van der Waals surface area contributed by atoms with E-state index in [4.69, 9.17) is 19.0 Å². The molecule has 0 aliphatic heterocycles. The quantitative estimate of drug-likeness (QED) is 0.438.